The van der Waals surface area contributed by atoms with Crippen LogP contribution in [0.15, 0.2) is 36.5 Å². The third-order valence-corrected chi connectivity index (χ3v) is 5.98. The van der Waals surface area contributed by atoms with Crippen molar-refractivity contribution < 1.29 is 13.9 Å². The van der Waals surface area contributed by atoms with E-state index < -0.39 is 5.82 Å². The lowest BCUT2D eigenvalue weighted by Gasteiger charge is -2.26. The molecule has 3 aromatic rings. The van der Waals surface area contributed by atoms with Crippen LogP contribution >= 0.6 is 11.6 Å². The predicted molar refractivity (Wildman–Crippen MR) is 129 cm³/mol. The Kier molecular flexibility index (Phi) is 8.03. The van der Waals surface area contributed by atoms with Crippen LogP contribution in [0.2, 0.25) is 5.02 Å². The smallest absolute Gasteiger partial charge is 0.200 e. The summed E-state index contributed by atoms with van der Waals surface area (Å²) in [5, 5.41) is 4.56. The molecule has 0 saturated carbocycles. The Hall–Kier alpha value is -2.68. The van der Waals surface area contributed by atoms with Gasteiger partial charge in [0.1, 0.15) is 18.1 Å². The van der Waals surface area contributed by atoms with Gasteiger partial charge >= 0.3 is 0 Å². The van der Waals surface area contributed by atoms with Gasteiger partial charge in [-0.25, -0.2) is 14.1 Å². The number of aromatic nitrogens is 4. The van der Waals surface area contributed by atoms with Crippen LogP contribution in [0.5, 0.6) is 0 Å². The van der Waals surface area contributed by atoms with Crippen molar-refractivity contribution in [1.82, 2.24) is 24.6 Å². The molecular formula is C25H29ClFN5O2. The van der Waals surface area contributed by atoms with Crippen LogP contribution in [0.3, 0.4) is 0 Å². The first kappa shape index (κ1) is 24.4. The molecule has 9 heteroatoms. The molecule has 0 spiro atoms. The van der Waals surface area contributed by atoms with Gasteiger partial charge in [0.25, 0.3) is 0 Å². The summed E-state index contributed by atoms with van der Waals surface area (Å²) in [6.45, 7) is 8.51. The van der Waals surface area contributed by atoms with Gasteiger partial charge < -0.3 is 4.74 Å². The summed E-state index contributed by atoms with van der Waals surface area (Å²) in [5.74, 6) is 0.639. The number of carbonyl (C=O) groups excluding carboxylic acids is 1. The molecule has 1 aromatic carbocycles. The molecule has 3 heterocycles. The number of hydrogen-bond donors (Lipinski definition) is 0. The normalized spacial score (nSPS) is 14.6. The van der Waals surface area contributed by atoms with Crippen LogP contribution in [-0.4, -0.2) is 63.3 Å². The van der Waals surface area contributed by atoms with Crippen molar-refractivity contribution in [2.45, 2.75) is 33.2 Å². The fourth-order valence-electron chi connectivity index (χ4n) is 3.91. The molecule has 4 rings (SSSR count). The zero-order chi connectivity index (χ0) is 24.1. The van der Waals surface area contributed by atoms with Gasteiger partial charge in [-0.15, -0.1) is 5.10 Å². The summed E-state index contributed by atoms with van der Waals surface area (Å²) in [5.41, 5.74) is 2.33. The molecule has 0 N–H and O–H groups in total. The number of halogens is 2. The monoisotopic (exact) mass is 485 g/mol. The number of ketones is 1. The van der Waals surface area contributed by atoms with Crippen LogP contribution < -0.4 is 0 Å². The van der Waals surface area contributed by atoms with E-state index in [0.717, 1.165) is 44.8 Å². The van der Waals surface area contributed by atoms with Crippen molar-refractivity contribution >= 4 is 17.4 Å². The molecule has 7 nitrogen and oxygen atoms in total. The second kappa shape index (κ2) is 11.2. The molecule has 0 radical (unpaired) electrons. The van der Waals surface area contributed by atoms with E-state index in [4.69, 9.17) is 16.3 Å². The molecule has 0 unspecified atom stereocenters. The lowest BCUT2D eigenvalue weighted by molar-refractivity contribution is -0.120. The zero-order valence-electron chi connectivity index (χ0n) is 19.5. The second-order valence-electron chi connectivity index (χ2n) is 8.94. The maximum absolute atomic E-state index is 13.7. The van der Waals surface area contributed by atoms with Crippen molar-refractivity contribution in [2.75, 3.05) is 32.8 Å². The molecule has 0 amide bonds. The zero-order valence-corrected chi connectivity index (χ0v) is 20.3. The summed E-state index contributed by atoms with van der Waals surface area (Å²) < 4.78 is 20.7. The summed E-state index contributed by atoms with van der Waals surface area (Å²) in [6.07, 6.45) is 3.18. The van der Waals surface area contributed by atoms with Crippen molar-refractivity contribution in [3.05, 3.63) is 52.9 Å². The van der Waals surface area contributed by atoms with Gasteiger partial charge in [-0.1, -0.05) is 31.5 Å². The fourth-order valence-corrected chi connectivity index (χ4v) is 4.09. The SMILES string of the molecule is CC(C)CC(=O)Cn1nc(-c2ccc(CCN3CCOCC3)cn2)nc1-c1ccc(F)c(Cl)c1. The Bertz CT molecular complexity index is 1130. The Balaban J connectivity index is 1.55. The van der Waals surface area contributed by atoms with Gasteiger partial charge in [0, 0.05) is 37.8 Å². The number of benzene rings is 1. The van der Waals surface area contributed by atoms with Crippen LogP contribution in [0.25, 0.3) is 22.9 Å². The lowest BCUT2D eigenvalue weighted by Crippen LogP contribution is -2.37. The predicted octanol–water partition coefficient (Wildman–Crippen LogP) is 4.29. The van der Waals surface area contributed by atoms with E-state index in [1.807, 2.05) is 32.2 Å². The standard InChI is InChI=1S/C25H29ClFN5O2/c1-17(2)13-20(33)16-32-25(19-4-5-22(27)21(26)14-19)29-24(30-32)23-6-3-18(15-28-23)7-8-31-9-11-34-12-10-31/h3-6,14-15,17H,7-13,16H2,1-2H3. The number of hydrogen-bond acceptors (Lipinski definition) is 6. The lowest BCUT2D eigenvalue weighted by atomic mass is 10.1. The van der Waals surface area contributed by atoms with Crippen molar-refractivity contribution in [2.24, 2.45) is 5.92 Å². The summed E-state index contributed by atoms with van der Waals surface area (Å²) >= 11 is 6.00. The molecule has 2 aromatic heterocycles. The molecule has 1 aliphatic rings. The quantitative estimate of drug-likeness (QED) is 0.450. The first-order chi connectivity index (χ1) is 16.4. The molecule has 0 atom stereocenters. The highest BCUT2D eigenvalue weighted by Crippen LogP contribution is 2.26. The molecule has 180 valence electrons. The van der Waals surface area contributed by atoms with Gasteiger partial charge in [0.15, 0.2) is 17.4 Å². The van der Waals surface area contributed by atoms with Crippen molar-refractivity contribution in [3.8, 4) is 22.9 Å². The summed E-state index contributed by atoms with van der Waals surface area (Å²) in [6, 6.07) is 8.29. The molecule has 0 bridgehead atoms. The number of nitrogens with zero attached hydrogens (tertiary/aromatic N) is 5. The largest absolute Gasteiger partial charge is 0.379 e. The Morgan fingerprint density at radius 3 is 2.68 bits per heavy atom. The Labute approximate surface area is 203 Å². The van der Waals surface area contributed by atoms with Crippen molar-refractivity contribution in [3.63, 3.8) is 0 Å². The molecule has 1 saturated heterocycles. The van der Waals surface area contributed by atoms with E-state index >= 15 is 0 Å². The van der Waals surface area contributed by atoms with Crippen molar-refractivity contribution in [1.29, 1.82) is 0 Å². The van der Waals surface area contributed by atoms with Gasteiger partial charge in [-0.2, -0.15) is 0 Å². The molecule has 0 aliphatic carbocycles. The molecule has 34 heavy (non-hydrogen) atoms. The third-order valence-electron chi connectivity index (χ3n) is 5.69. The summed E-state index contributed by atoms with van der Waals surface area (Å²) in [4.78, 5) is 24.1. The van der Waals surface area contributed by atoms with E-state index in [9.17, 15) is 9.18 Å². The highest BCUT2D eigenvalue weighted by molar-refractivity contribution is 6.31. The van der Waals surface area contributed by atoms with E-state index in [0.29, 0.717) is 29.3 Å². The number of rotatable bonds is 9. The topological polar surface area (TPSA) is 73.1 Å². The Morgan fingerprint density at radius 2 is 2.00 bits per heavy atom. The Morgan fingerprint density at radius 1 is 1.21 bits per heavy atom. The number of carbonyl (C=O) groups is 1. The second-order valence-corrected chi connectivity index (χ2v) is 9.35. The number of ether oxygens (including phenoxy) is 1. The minimum absolute atomic E-state index is 0.00940. The average Bonchev–Trinajstić information content (AvgIpc) is 3.23. The van der Waals surface area contributed by atoms with Crippen LogP contribution in [0, 0.1) is 11.7 Å². The van der Waals surface area contributed by atoms with Crippen LogP contribution in [0.4, 0.5) is 4.39 Å². The maximum atomic E-state index is 13.7. The van der Waals surface area contributed by atoms with Gasteiger partial charge in [-0.3, -0.25) is 14.7 Å². The number of Topliss-reactive ketones (excluding diaryl/α,β-unsaturated/α-hetero) is 1. The van der Waals surface area contributed by atoms with E-state index in [-0.39, 0.29) is 23.3 Å². The average molecular weight is 486 g/mol. The summed E-state index contributed by atoms with van der Waals surface area (Å²) in [7, 11) is 0. The molecular weight excluding hydrogens is 457 g/mol. The number of morpholine rings is 1. The van der Waals surface area contributed by atoms with E-state index in [1.54, 1.807) is 10.7 Å². The highest BCUT2D eigenvalue weighted by Gasteiger charge is 2.18. The minimum atomic E-state index is -0.512. The minimum Gasteiger partial charge on any atom is -0.379 e. The fraction of sp³-hybridized carbons (Fsp3) is 0.440. The van der Waals surface area contributed by atoms with Crippen LogP contribution in [0.1, 0.15) is 25.8 Å². The van der Waals surface area contributed by atoms with Gasteiger partial charge in [-0.05, 0) is 42.2 Å². The van der Waals surface area contributed by atoms with E-state index in [1.165, 1.54) is 12.1 Å². The van der Waals surface area contributed by atoms with Gasteiger partial charge in [0.05, 0.1) is 18.2 Å². The van der Waals surface area contributed by atoms with E-state index in [2.05, 4.69) is 20.0 Å². The first-order valence-corrected chi connectivity index (χ1v) is 11.9. The highest BCUT2D eigenvalue weighted by atomic mass is 35.5. The van der Waals surface area contributed by atoms with Crippen LogP contribution in [-0.2, 0) is 22.5 Å². The molecule has 1 aliphatic heterocycles. The maximum Gasteiger partial charge on any atom is 0.200 e. The first-order valence-electron chi connectivity index (χ1n) is 11.6. The number of pyridine rings is 1. The molecule has 1 fully saturated rings. The third kappa shape index (κ3) is 6.25. The van der Waals surface area contributed by atoms with Gasteiger partial charge in [0.2, 0.25) is 0 Å².